The van der Waals surface area contributed by atoms with Crippen molar-refractivity contribution < 1.29 is 13.3 Å². The second-order valence-corrected chi connectivity index (χ2v) is 8.61. The van der Waals surface area contributed by atoms with Crippen LogP contribution >= 0.6 is 11.6 Å². The molecular formula is C20H16ClF2N7O2. The number of rotatable bonds is 4. The van der Waals surface area contributed by atoms with Crippen LogP contribution in [0, 0.1) is 23.5 Å². The van der Waals surface area contributed by atoms with Crippen LogP contribution in [0.3, 0.4) is 0 Å². The van der Waals surface area contributed by atoms with Gasteiger partial charge in [0, 0.05) is 26.1 Å². The molecule has 12 heteroatoms. The number of nitrogens with zero attached hydrogens (tertiary/aromatic N) is 7. The van der Waals surface area contributed by atoms with Gasteiger partial charge in [-0.15, -0.1) is 0 Å². The van der Waals surface area contributed by atoms with Gasteiger partial charge in [0.2, 0.25) is 5.89 Å². The van der Waals surface area contributed by atoms with Crippen LogP contribution in [0.5, 0.6) is 0 Å². The summed E-state index contributed by atoms with van der Waals surface area (Å²) >= 11 is 5.82. The molecule has 2 aliphatic rings. The molecule has 2 unspecified atom stereocenters. The van der Waals surface area contributed by atoms with Crippen molar-refractivity contribution in [1.82, 2.24) is 29.2 Å². The lowest BCUT2D eigenvalue weighted by Crippen LogP contribution is -2.26. The summed E-state index contributed by atoms with van der Waals surface area (Å²) in [4.78, 5) is 27.1. The molecule has 6 rings (SSSR count). The zero-order valence-corrected chi connectivity index (χ0v) is 17.5. The molecule has 3 aromatic heterocycles. The van der Waals surface area contributed by atoms with E-state index in [9.17, 15) is 13.6 Å². The summed E-state index contributed by atoms with van der Waals surface area (Å²) in [7, 11) is 1.73. The predicted octanol–water partition coefficient (Wildman–Crippen LogP) is 2.34. The van der Waals surface area contributed by atoms with Crippen LogP contribution < -0.4 is 10.5 Å². The van der Waals surface area contributed by atoms with Gasteiger partial charge in [0.15, 0.2) is 22.8 Å². The molecule has 2 atom stereocenters. The van der Waals surface area contributed by atoms with E-state index < -0.39 is 11.6 Å². The van der Waals surface area contributed by atoms with Crippen molar-refractivity contribution in [2.45, 2.75) is 12.5 Å². The second-order valence-electron chi connectivity index (χ2n) is 8.20. The number of anilines is 1. The van der Waals surface area contributed by atoms with Gasteiger partial charge in [-0.3, -0.25) is 9.36 Å². The fourth-order valence-corrected chi connectivity index (χ4v) is 4.85. The first-order valence-electron chi connectivity index (χ1n) is 9.99. The summed E-state index contributed by atoms with van der Waals surface area (Å²) in [5.74, 6) is -0.124. The molecule has 1 aliphatic carbocycles. The first-order valence-corrected chi connectivity index (χ1v) is 10.4. The quantitative estimate of drug-likeness (QED) is 0.432. The number of aryl methyl sites for hydroxylation is 1. The topological polar surface area (TPSA) is 94.9 Å². The molecule has 0 radical (unpaired) electrons. The van der Waals surface area contributed by atoms with E-state index in [2.05, 4.69) is 20.1 Å². The minimum atomic E-state index is -0.740. The highest BCUT2D eigenvalue weighted by Crippen LogP contribution is 2.58. The summed E-state index contributed by atoms with van der Waals surface area (Å²) in [6.45, 7) is 1.05. The molecule has 0 bridgehead atoms. The van der Waals surface area contributed by atoms with E-state index in [1.807, 2.05) is 0 Å². The Morgan fingerprint density at radius 2 is 1.94 bits per heavy atom. The number of piperidine rings is 1. The highest BCUT2D eigenvalue weighted by Gasteiger charge is 2.59. The second kappa shape index (κ2) is 6.83. The maximum absolute atomic E-state index is 14.3. The van der Waals surface area contributed by atoms with E-state index in [0.717, 1.165) is 0 Å². The number of benzene rings is 1. The fourth-order valence-electron chi connectivity index (χ4n) is 4.70. The van der Waals surface area contributed by atoms with Gasteiger partial charge in [0.1, 0.15) is 24.4 Å². The van der Waals surface area contributed by atoms with E-state index in [0.29, 0.717) is 36.0 Å². The highest BCUT2D eigenvalue weighted by molar-refractivity contribution is 6.31. The molecule has 1 aliphatic heterocycles. The average Bonchev–Trinajstić information content (AvgIpc) is 3.18. The van der Waals surface area contributed by atoms with E-state index in [4.69, 9.17) is 16.1 Å². The normalized spacial score (nSPS) is 22.0. The average molecular weight is 460 g/mol. The maximum atomic E-state index is 14.3. The summed E-state index contributed by atoms with van der Waals surface area (Å²) in [6, 6.07) is 2.39. The summed E-state index contributed by atoms with van der Waals surface area (Å²) < 4.78 is 36.9. The van der Waals surface area contributed by atoms with Crippen molar-refractivity contribution in [2.24, 2.45) is 18.9 Å². The number of aromatic nitrogens is 6. The number of hydrogen-bond acceptors (Lipinski definition) is 7. The third kappa shape index (κ3) is 2.84. The third-order valence-electron chi connectivity index (χ3n) is 6.32. The lowest BCUT2D eigenvalue weighted by Gasteiger charge is -2.22. The van der Waals surface area contributed by atoms with Crippen LogP contribution in [-0.2, 0) is 13.6 Å². The lowest BCUT2D eigenvalue weighted by molar-refractivity contribution is 0.363. The molecule has 1 aromatic carbocycles. The van der Waals surface area contributed by atoms with Crippen molar-refractivity contribution in [3.8, 4) is 0 Å². The zero-order valence-electron chi connectivity index (χ0n) is 16.7. The van der Waals surface area contributed by atoms with Gasteiger partial charge in [-0.05, 0) is 24.0 Å². The van der Waals surface area contributed by atoms with Gasteiger partial charge in [0.05, 0.1) is 11.3 Å². The van der Waals surface area contributed by atoms with Crippen molar-refractivity contribution in [2.75, 3.05) is 18.0 Å². The lowest BCUT2D eigenvalue weighted by atomic mass is 10.2. The van der Waals surface area contributed by atoms with Crippen LogP contribution in [0.25, 0.3) is 11.2 Å². The number of hydrogen-bond donors (Lipinski definition) is 0. The monoisotopic (exact) mass is 459 g/mol. The largest absolute Gasteiger partial charge is 0.366 e. The van der Waals surface area contributed by atoms with E-state index in [1.54, 1.807) is 16.5 Å². The number of imidazole rings is 1. The van der Waals surface area contributed by atoms with Crippen LogP contribution in [0.1, 0.15) is 17.6 Å². The predicted molar refractivity (Wildman–Crippen MR) is 109 cm³/mol. The molecule has 4 aromatic rings. The third-order valence-corrected chi connectivity index (χ3v) is 6.61. The zero-order chi connectivity index (χ0) is 22.1. The van der Waals surface area contributed by atoms with E-state index in [-0.39, 0.29) is 40.6 Å². The summed E-state index contributed by atoms with van der Waals surface area (Å²) in [5, 5.41) is 3.97. The van der Waals surface area contributed by atoms with E-state index in [1.165, 1.54) is 29.4 Å². The Kier molecular flexibility index (Phi) is 4.13. The van der Waals surface area contributed by atoms with Crippen LogP contribution in [0.4, 0.5) is 14.5 Å². The van der Waals surface area contributed by atoms with Crippen molar-refractivity contribution >= 4 is 28.5 Å². The van der Waals surface area contributed by atoms with Gasteiger partial charge in [-0.25, -0.2) is 18.7 Å². The molecule has 2 fully saturated rings. The summed E-state index contributed by atoms with van der Waals surface area (Å²) in [5.41, 5.74) is 0.432. The molecule has 32 heavy (non-hydrogen) atoms. The number of halogens is 3. The van der Waals surface area contributed by atoms with Crippen molar-refractivity contribution in [3.05, 3.63) is 63.5 Å². The smallest absolute Gasteiger partial charge is 0.280 e. The Morgan fingerprint density at radius 3 is 2.72 bits per heavy atom. The number of fused-ring (bicyclic) bond motifs is 2. The highest BCUT2D eigenvalue weighted by atomic mass is 35.5. The van der Waals surface area contributed by atoms with Crippen LogP contribution in [0.2, 0.25) is 5.02 Å². The summed E-state index contributed by atoms with van der Waals surface area (Å²) in [6.07, 6.45) is 2.93. The Balaban J connectivity index is 1.18. The van der Waals surface area contributed by atoms with Gasteiger partial charge in [-0.2, -0.15) is 4.98 Å². The minimum absolute atomic E-state index is 0.0588. The SMILES string of the molecule is Cn1cnc2ncn(Cc3nc(C4C5CN(c6c(F)ccc(Cl)c6F)CC54)no3)c(=O)c21. The maximum Gasteiger partial charge on any atom is 0.280 e. The van der Waals surface area contributed by atoms with Gasteiger partial charge in [0.25, 0.3) is 5.56 Å². The molecule has 9 nitrogen and oxygen atoms in total. The van der Waals surface area contributed by atoms with Crippen molar-refractivity contribution in [3.63, 3.8) is 0 Å². The Morgan fingerprint density at radius 1 is 1.19 bits per heavy atom. The van der Waals surface area contributed by atoms with Crippen LogP contribution in [0.15, 0.2) is 34.1 Å². The molecule has 1 saturated heterocycles. The van der Waals surface area contributed by atoms with Crippen molar-refractivity contribution in [1.29, 1.82) is 0 Å². The molecular weight excluding hydrogens is 444 g/mol. The molecule has 0 N–H and O–H groups in total. The van der Waals surface area contributed by atoms with Crippen LogP contribution in [-0.4, -0.2) is 42.3 Å². The Bertz CT molecular complexity index is 1420. The van der Waals surface area contributed by atoms with E-state index >= 15 is 0 Å². The van der Waals surface area contributed by atoms with Gasteiger partial charge in [-0.1, -0.05) is 16.8 Å². The Hall–Kier alpha value is -3.34. The Labute approximate surface area is 184 Å². The molecule has 164 valence electrons. The van der Waals surface area contributed by atoms with Gasteiger partial charge >= 0.3 is 0 Å². The standard InChI is InChI=1S/C20H16ClF2N7O2/c1-28-7-24-19-17(28)20(31)30(8-25-19)6-13-26-18(27-32-13)14-9-4-29(5-10(9)14)16-12(22)3-2-11(21)15(16)23/h2-3,7-10,14H,4-6H2,1H3. The van der Waals surface area contributed by atoms with Gasteiger partial charge < -0.3 is 14.0 Å². The molecule has 0 amide bonds. The molecule has 0 spiro atoms. The first-order chi connectivity index (χ1) is 15.4. The fraction of sp³-hybridized carbons (Fsp3) is 0.350. The molecule has 1 saturated carbocycles. The minimum Gasteiger partial charge on any atom is -0.366 e. The molecule has 4 heterocycles. The first kappa shape index (κ1) is 19.4.